The summed E-state index contributed by atoms with van der Waals surface area (Å²) >= 11 is 5.73. The predicted octanol–water partition coefficient (Wildman–Crippen LogP) is 2.05. The summed E-state index contributed by atoms with van der Waals surface area (Å²) in [7, 11) is 0. The van der Waals surface area contributed by atoms with Gasteiger partial charge in [0.05, 0.1) is 0 Å². The molecule has 0 saturated heterocycles. The van der Waals surface area contributed by atoms with E-state index in [2.05, 4.69) is 15.6 Å². The van der Waals surface area contributed by atoms with Crippen molar-refractivity contribution in [2.45, 2.75) is 38.1 Å². The molecule has 0 bridgehead atoms. The Kier molecular flexibility index (Phi) is 6.34. The maximum atomic E-state index is 11.7. The second-order valence-corrected chi connectivity index (χ2v) is 5.73. The number of pyridine rings is 1. The SMILES string of the molecule is O=C(COC(=O)c1cc(Cl)ccn1)NC(=O)NC1CCCCC1. The summed E-state index contributed by atoms with van der Waals surface area (Å²) in [4.78, 5) is 38.7. The number of amides is 3. The number of nitrogens with zero attached hydrogens (tertiary/aromatic N) is 1. The van der Waals surface area contributed by atoms with Gasteiger partial charge in [-0.2, -0.15) is 0 Å². The first-order valence-corrected chi connectivity index (χ1v) is 7.81. The number of carbonyl (C=O) groups excluding carboxylic acids is 3. The molecule has 2 rings (SSSR count). The number of aromatic nitrogens is 1. The first-order chi connectivity index (χ1) is 11.0. The highest BCUT2D eigenvalue weighted by atomic mass is 35.5. The molecule has 3 amide bonds. The zero-order valence-corrected chi connectivity index (χ0v) is 13.3. The number of carbonyl (C=O) groups is 3. The van der Waals surface area contributed by atoms with Crippen LogP contribution in [0.3, 0.4) is 0 Å². The van der Waals surface area contributed by atoms with Crippen molar-refractivity contribution in [3.63, 3.8) is 0 Å². The Balaban J connectivity index is 1.71. The Labute approximate surface area is 138 Å². The van der Waals surface area contributed by atoms with Gasteiger partial charge in [0.15, 0.2) is 6.61 Å². The summed E-state index contributed by atoms with van der Waals surface area (Å²) in [5.41, 5.74) is -0.00282. The zero-order chi connectivity index (χ0) is 16.7. The monoisotopic (exact) mass is 339 g/mol. The van der Waals surface area contributed by atoms with Crippen molar-refractivity contribution < 1.29 is 19.1 Å². The minimum absolute atomic E-state index is 0.00282. The third-order valence-corrected chi connectivity index (χ3v) is 3.69. The van der Waals surface area contributed by atoms with Gasteiger partial charge in [-0.05, 0) is 25.0 Å². The van der Waals surface area contributed by atoms with Crippen molar-refractivity contribution in [3.8, 4) is 0 Å². The van der Waals surface area contributed by atoms with Gasteiger partial charge in [-0.3, -0.25) is 10.1 Å². The molecule has 1 heterocycles. The number of hydrogen-bond donors (Lipinski definition) is 2. The molecule has 0 radical (unpaired) electrons. The highest BCUT2D eigenvalue weighted by molar-refractivity contribution is 6.30. The van der Waals surface area contributed by atoms with E-state index in [-0.39, 0.29) is 11.7 Å². The average molecular weight is 340 g/mol. The second kappa shape index (κ2) is 8.47. The van der Waals surface area contributed by atoms with Crippen molar-refractivity contribution in [1.82, 2.24) is 15.6 Å². The van der Waals surface area contributed by atoms with Crippen molar-refractivity contribution in [2.24, 2.45) is 0 Å². The number of ether oxygens (including phenoxy) is 1. The molecule has 124 valence electrons. The van der Waals surface area contributed by atoms with Gasteiger partial charge >= 0.3 is 12.0 Å². The van der Waals surface area contributed by atoms with Gasteiger partial charge in [0.25, 0.3) is 5.91 Å². The molecule has 1 aliphatic carbocycles. The Morgan fingerprint density at radius 1 is 1.26 bits per heavy atom. The standard InChI is InChI=1S/C15H18ClN3O4/c16-10-6-7-17-12(8-10)14(21)23-9-13(20)19-15(22)18-11-4-2-1-3-5-11/h6-8,11H,1-5,9H2,(H2,18,19,20,22). The van der Waals surface area contributed by atoms with Crippen LogP contribution in [0, 0.1) is 0 Å². The van der Waals surface area contributed by atoms with E-state index in [1.54, 1.807) is 0 Å². The number of nitrogens with one attached hydrogen (secondary N) is 2. The van der Waals surface area contributed by atoms with Crippen molar-refractivity contribution in [3.05, 3.63) is 29.0 Å². The largest absolute Gasteiger partial charge is 0.451 e. The van der Waals surface area contributed by atoms with Crippen molar-refractivity contribution in [2.75, 3.05) is 6.61 Å². The maximum Gasteiger partial charge on any atom is 0.357 e. The highest BCUT2D eigenvalue weighted by Crippen LogP contribution is 2.17. The molecule has 8 heteroatoms. The van der Waals surface area contributed by atoms with Crippen LogP contribution in [0.1, 0.15) is 42.6 Å². The summed E-state index contributed by atoms with van der Waals surface area (Å²) in [6.07, 6.45) is 6.50. The molecule has 0 unspecified atom stereocenters. The van der Waals surface area contributed by atoms with Gasteiger partial charge in [0.2, 0.25) is 0 Å². The smallest absolute Gasteiger partial charge is 0.357 e. The lowest BCUT2D eigenvalue weighted by molar-refractivity contribution is -0.123. The number of halogens is 1. The quantitative estimate of drug-likeness (QED) is 0.818. The first-order valence-electron chi connectivity index (χ1n) is 7.43. The summed E-state index contributed by atoms with van der Waals surface area (Å²) < 4.78 is 4.78. The molecule has 0 aliphatic heterocycles. The van der Waals surface area contributed by atoms with E-state index in [1.165, 1.54) is 24.8 Å². The number of esters is 1. The fourth-order valence-electron chi connectivity index (χ4n) is 2.35. The van der Waals surface area contributed by atoms with E-state index >= 15 is 0 Å². The van der Waals surface area contributed by atoms with Gasteiger partial charge < -0.3 is 10.1 Å². The van der Waals surface area contributed by atoms with E-state index in [0.29, 0.717) is 5.02 Å². The van der Waals surface area contributed by atoms with Crippen LogP contribution in [-0.2, 0) is 9.53 Å². The lowest BCUT2D eigenvalue weighted by Gasteiger charge is -2.22. The third kappa shape index (κ3) is 5.86. The molecule has 1 aliphatic rings. The van der Waals surface area contributed by atoms with E-state index < -0.39 is 24.5 Å². The van der Waals surface area contributed by atoms with Crippen LogP contribution in [0.4, 0.5) is 4.79 Å². The van der Waals surface area contributed by atoms with Crippen LogP contribution >= 0.6 is 11.6 Å². The highest BCUT2D eigenvalue weighted by Gasteiger charge is 2.18. The first kappa shape index (κ1) is 17.2. The van der Waals surface area contributed by atoms with Crippen LogP contribution in [0.25, 0.3) is 0 Å². The summed E-state index contributed by atoms with van der Waals surface area (Å²) in [6, 6.07) is 2.37. The number of urea groups is 1. The molecular formula is C15H18ClN3O4. The zero-order valence-electron chi connectivity index (χ0n) is 12.5. The Morgan fingerprint density at radius 2 is 2.00 bits per heavy atom. The van der Waals surface area contributed by atoms with Gasteiger partial charge in [-0.1, -0.05) is 30.9 Å². The van der Waals surface area contributed by atoms with E-state index in [9.17, 15) is 14.4 Å². The van der Waals surface area contributed by atoms with Crippen molar-refractivity contribution in [1.29, 1.82) is 0 Å². The van der Waals surface area contributed by atoms with Gasteiger partial charge in [-0.25, -0.2) is 14.6 Å². The molecule has 1 fully saturated rings. The van der Waals surface area contributed by atoms with Crippen LogP contribution in [0.15, 0.2) is 18.3 Å². The molecule has 1 aromatic rings. The van der Waals surface area contributed by atoms with Crippen LogP contribution < -0.4 is 10.6 Å². The number of hydrogen-bond acceptors (Lipinski definition) is 5. The minimum Gasteiger partial charge on any atom is -0.451 e. The van der Waals surface area contributed by atoms with Crippen LogP contribution in [-0.4, -0.2) is 35.5 Å². The molecule has 1 aromatic heterocycles. The summed E-state index contributed by atoms with van der Waals surface area (Å²) in [5, 5.41) is 5.20. The van der Waals surface area contributed by atoms with Gasteiger partial charge in [0, 0.05) is 17.3 Å². The average Bonchev–Trinajstić information content (AvgIpc) is 2.53. The molecule has 0 spiro atoms. The Hall–Kier alpha value is -2.15. The van der Waals surface area contributed by atoms with Crippen LogP contribution in [0.2, 0.25) is 5.02 Å². The van der Waals surface area contributed by atoms with Gasteiger partial charge in [0.1, 0.15) is 5.69 Å². The Bertz CT molecular complexity index is 588. The fourth-order valence-corrected chi connectivity index (χ4v) is 2.51. The Morgan fingerprint density at radius 3 is 2.70 bits per heavy atom. The second-order valence-electron chi connectivity index (χ2n) is 5.29. The molecule has 0 aromatic carbocycles. The lowest BCUT2D eigenvalue weighted by Crippen LogP contribution is -2.46. The number of imide groups is 1. The molecular weight excluding hydrogens is 322 g/mol. The molecule has 2 N–H and O–H groups in total. The van der Waals surface area contributed by atoms with E-state index in [1.807, 2.05) is 0 Å². The molecule has 7 nitrogen and oxygen atoms in total. The fraction of sp³-hybridized carbons (Fsp3) is 0.467. The summed E-state index contributed by atoms with van der Waals surface area (Å²) in [5.74, 6) is -1.48. The third-order valence-electron chi connectivity index (χ3n) is 3.46. The predicted molar refractivity (Wildman–Crippen MR) is 83.1 cm³/mol. The molecule has 1 saturated carbocycles. The molecule has 0 atom stereocenters. The lowest BCUT2D eigenvalue weighted by atomic mass is 9.96. The van der Waals surface area contributed by atoms with E-state index in [4.69, 9.17) is 16.3 Å². The van der Waals surface area contributed by atoms with E-state index in [0.717, 1.165) is 25.7 Å². The van der Waals surface area contributed by atoms with Crippen LogP contribution in [0.5, 0.6) is 0 Å². The molecule has 23 heavy (non-hydrogen) atoms. The van der Waals surface area contributed by atoms with Gasteiger partial charge in [-0.15, -0.1) is 0 Å². The summed E-state index contributed by atoms with van der Waals surface area (Å²) in [6.45, 7) is -0.564. The maximum absolute atomic E-state index is 11.7. The topological polar surface area (TPSA) is 97.4 Å². The number of rotatable bonds is 4. The normalized spacial score (nSPS) is 14.8. The minimum atomic E-state index is -0.782. The van der Waals surface area contributed by atoms with Crippen molar-refractivity contribution >= 4 is 29.5 Å².